The molecule has 1 heterocycles. The van der Waals surface area contributed by atoms with Crippen LogP contribution < -0.4 is 0 Å². The van der Waals surface area contributed by atoms with Crippen molar-refractivity contribution in [1.29, 1.82) is 0 Å². The molecule has 94 valence electrons. The van der Waals surface area contributed by atoms with Crippen LogP contribution in [-0.2, 0) is 0 Å². The van der Waals surface area contributed by atoms with Gasteiger partial charge in [0.2, 0.25) is 0 Å². The maximum absolute atomic E-state index is 10.6. The monoisotopic (exact) mass is 249 g/mol. The van der Waals surface area contributed by atoms with E-state index in [-0.39, 0.29) is 0 Å². The van der Waals surface area contributed by atoms with Crippen LogP contribution in [0, 0.1) is 6.92 Å². The van der Waals surface area contributed by atoms with Crippen LogP contribution >= 0.6 is 0 Å². The number of benzene rings is 2. The molecule has 0 aliphatic rings. The quantitative estimate of drug-likeness (QED) is 0.752. The molecule has 0 fully saturated rings. The highest BCUT2D eigenvalue weighted by molar-refractivity contribution is 5.85. The van der Waals surface area contributed by atoms with Crippen molar-refractivity contribution < 1.29 is 5.11 Å². The minimum atomic E-state index is -0.617. The van der Waals surface area contributed by atoms with Crippen LogP contribution in [0.5, 0.6) is 0 Å². The normalized spacial score (nSPS) is 12.5. The maximum Gasteiger partial charge on any atom is 0.105 e. The fourth-order valence-electron chi connectivity index (χ4n) is 2.44. The molecule has 3 rings (SSSR count). The summed E-state index contributed by atoms with van der Waals surface area (Å²) in [7, 11) is 0. The van der Waals surface area contributed by atoms with Gasteiger partial charge >= 0.3 is 0 Å². The molecule has 0 bridgehead atoms. The van der Waals surface area contributed by atoms with Crippen molar-refractivity contribution in [3.8, 4) is 0 Å². The summed E-state index contributed by atoms with van der Waals surface area (Å²) in [5.41, 5.74) is 2.94. The van der Waals surface area contributed by atoms with E-state index in [4.69, 9.17) is 0 Å². The van der Waals surface area contributed by atoms with Crippen molar-refractivity contribution in [2.24, 2.45) is 0 Å². The predicted octanol–water partition coefficient (Wildman–Crippen LogP) is 3.62. The molecular weight excluding hydrogens is 234 g/mol. The second-order valence-corrected chi connectivity index (χ2v) is 4.70. The molecule has 0 aliphatic carbocycles. The molecule has 2 aromatic carbocycles. The average molecular weight is 249 g/mol. The van der Waals surface area contributed by atoms with E-state index in [0.717, 1.165) is 27.5 Å². The lowest BCUT2D eigenvalue weighted by Gasteiger charge is -2.16. The van der Waals surface area contributed by atoms with Gasteiger partial charge in [0.05, 0.1) is 0 Å². The van der Waals surface area contributed by atoms with Gasteiger partial charge in [0, 0.05) is 17.8 Å². The molecule has 1 unspecified atom stereocenters. The zero-order valence-electron chi connectivity index (χ0n) is 10.7. The second-order valence-electron chi connectivity index (χ2n) is 4.70. The van der Waals surface area contributed by atoms with Crippen LogP contribution in [0.4, 0.5) is 0 Å². The summed E-state index contributed by atoms with van der Waals surface area (Å²) in [6, 6.07) is 15.8. The first kappa shape index (κ1) is 11.9. The fraction of sp³-hybridized carbons (Fsp3) is 0.118. The molecule has 0 saturated heterocycles. The van der Waals surface area contributed by atoms with Crippen LogP contribution in [0.25, 0.3) is 10.8 Å². The summed E-state index contributed by atoms with van der Waals surface area (Å²) in [4.78, 5) is 4.16. The highest BCUT2D eigenvalue weighted by Gasteiger charge is 2.14. The van der Waals surface area contributed by atoms with Crippen LogP contribution in [0.15, 0.2) is 60.9 Å². The van der Waals surface area contributed by atoms with Gasteiger partial charge in [0.15, 0.2) is 0 Å². The fourth-order valence-corrected chi connectivity index (χ4v) is 2.44. The average Bonchev–Trinajstić information content (AvgIpc) is 2.46. The van der Waals surface area contributed by atoms with Crippen LogP contribution in [0.1, 0.15) is 22.8 Å². The summed E-state index contributed by atoms with van der Waals surface area (Å²) in [6.45, 7) is 2.02. The lowest BCUT2D eigenvalue weighted by atomic mass is 9.94. The molecule has 1 atom stereocenters. The van der Waals surface area contributed by atoms with E-state index < -0.39 is 6.10 Å². The molecule has 2 nitrogen and oxygen atoms in total. The molecule has 0 amide bonds. The zero-order valence-corrected chi connectivity index (χ0v) is 10.7. The van der Waals surface area contributed by atoms with E-state index in [1.807, 2.05) is 61.7 Å². The Kier molecular flexibility index (Phi) is 3.02. The molecule has 19 heavy (non-hydrogen) atoms. The van der Waals surface area contributed by atoms with Gasteiger partial charge in [-0.25, -0.2) is 0 Å². The van der Waals surface area contributed by atoms with Crippen LogP contribution in [0.2, 0.25) is 0 Å². The molecule has 0 spiro atoms. The number of rotatable bonds is 2. The lowest BCUT2D eigenvalue weighted by Crippen LogP contribution is -2.02. The number of aliphatic hydroxyl groups excluding tert-OH is 1. The topological polar surface area (TPSA) is 33.1 Å². The number of pyridine rings is 1. The highest BCUT2D eigenvalue weighted by Crippen LogP contribution is 2.29. The first-order chi connectivity index (χ1) is 9.27. The number of aromatic nitrogens is 1. The smallest absolute Gasteiger partial charge is 0.105 e. The van der Waals surface area contributed by atoms with Crippen LogP contribution in [0.3, 0.4) is 0 Å². The third-order valence-electron chi connectivity index (χ3n) is 3.50. The Bertz CT molecular complexity index is 716. The maximum atomic E-state index is 10.6. The van der Waals surface area contributed by atoms with E-state index in [1.54, 1.807) is 6.20 Å². The number of aryl methyl sites for hydroxylation is 1. The summed E-state index contributed by atoms with van der Waals surface area (Å²) in [5, 5.41) is 12.7. The lowest BCUT2D eigenvalue weighted by molar-refractivity contribution is 0.221. The van der Waals surface area contributed by atoms with Gasteiger partial charge in [0.1, 0.15) is 6.10 Å². The Morgan fingerprint density at radius 1 is 0.947 bits per heavy atom. The third-order valence-corrected chi connectivity index (χ3v) is 3.50. The van der Waals surface area contributed by atoms with E-state index in [9.17, 15) is 5.11 Å². The van der Waals surface area contributed by atoms with Crippen molar-refractivity contribution in [1.82, 2.24) is 4.98 Å². The van der Waals surface area contributed by atoms with Gasteiger partial charge in [-0.15, -0.1) is 0 Å². The summed E-state index contributed by atoms with van der Waals surface area (Å²) in [6.07, 6.45) is 2.97. The molecule has 2 heteroatoms. The number of hydrogen-bond donors (Lipinski definition) is 1. The Morgan fingerprint density at radius 2 is 1.74 bits per heavy atom. The van der Waals surface area contributed by atoms with Crippen molar-refractivity contribution >= 4 is 10.8 Å². The predicted molar refractivity (Wildman–Crippen MR) is 77.0 cm³/mol. The van der Waals surface area contributed by atoms with Gasteiger partial charge in [-0.1, -0.05) is 42.5 Å². The third kappa shape index (κ3) is 2.11. The Hall–Kier alpha value is -2.19. The minimum Gasteiger partial charge on any atom is -0.384 e. The van der Waals surface area contributed by atoms with E-state index in [0.29, 0.717) is 0 Å². The van der Waals surface area contributed by atoms with Crippen LogP contribution in [-0.4, -0.2) is 10.1 Å². The van der Waals surface area contributed by atoms with Crippen molar-refractivity contribution in [2.45, 2.75) is 13.0 Å². The number of fused-ring (bicyclic) bond motifs is 1. The molecule has 0 saturated carbocycles. The molecule has 3 aromatic rings. The molecule has 0 aliphatic heterocycles. The second kappa shape index (κ2) is 4.82. The van der Waals surface area contributed by atoms with Gasteiger partial charge < -0.3 is 5.11 Å². The molecule has 1 N–H and O–H groups in total. The Balaban J connectivity index is 2.17. The van der Waals surface area contributed by atoms with Gasteiger partial charge in [0.25, 0.3) is 0 Å². The number of nitrogens with zero attached hydrogens (tertiary/aromatic N) is 1. The zero-order chi connectivity index (χ0) is 13.2. The van der Waals surface area contributed by atoms with Gasteiger partial charge in [-0.2, -0.15) is 0 Å². The largest absolute Gasteiger partial charge is 0.384 e. The standard InChI is InChI=1S/C17H15NO/c1-12-5-2-3-7-14(12)17(19)15-8-4-6-13-9-10-18-11-16(13)15/h2-11,17,19H,1H3. The van der Waals surface area contributed by atoms with E-state index in [2.05, 4.69) is 4.98 Å². The first-order valence-electron chi connectivity index (χ1n) is 6.33. The first-order valence-corrected chi connectivity index (χ1v) is 6.33. The molecular formula is C17H15NO. The highest BCUT2D eigenvalue weighted by atomic mass is 16.3. The van der Waals surface area contributed by atoms with E-state index >= 15 is 0 Å². The Labute approximate surface area is 112 Å². The number of aliphatic hydroxyl groups is 1. The summed E-state index contributed by atoms with van der Waals surface area (Å²) < 4.78 is 0. The Morgan fingerprint density at radius 3 is 2.58 bits per heavy atom. The SMILES string of the molecule is Cc1ccccc1C(O)c1cccc2ccncc12. The van der Waals surface area contributed by atoms with E-state index in [1.165, 1.54) is 0 Å². The molecule has 1 aromatic heterocycles. The molecule has 0 radical (unpaired) electrons. The van der Waals surface area contributed by atoms with Crippen molar-refractivity contribution in [2.75, 3.05) is 0 Å². The summed E-state index contributed by atoms with van der Waals surface area (Å²) in [5.74, 6) is 0. The number of hydrogen-bond acceptors (Lipinski definition) is 2. The van der Waals surface area contributed by atoms with Crippen molar-refractivity contribution in [3.05, 3.63) is 77.6 Å². The van der Waals surface area contributed by atoms with Gasteiger partial charge in [-0.05, 0) is 35.1 Å². The van der Waals surface area contributed by atoms with Gasteiger partial charge in [-0.3, -0.25) is 4.98 Å². The summed E-state index contributed by atoms with van der Waals surface area (Å²) >= 11 is 0. The van der Waals surface area contributed by atoms with Crippen molar-refractivity contribution in [3.63, 3.8) is 0 Å². The minimum absolute atomic E-state index is 0.617.